The van der Waals surface area contributed by atoms with Crippen molar-refractivity contribution in [2.75, 3.05) is 19.6 Å². The predicted octanol–water partition coefficient (Wildman–Crippen LogP) is 3.34. The third-order valence-corrected chi connectivity index (χ3v) is 4.08. The van der Waals surface area contributed by atoms with Crippen molar-refractivity contribution in [2.24, 2.45) is 0 Å². The van der Waals surface area contributed by atoms with Gasteiger partial charge in [0, 0.05) is 25.6 Å². The van der Waals surface area contributed by atoms with E-state index in [2.05, 4.69) is 24.1 Å². The van der Waals surface area contributed by atoms with Gasteiger partial charge in [-0.05, 0) is 25.8 Å². The van der Waals surface area contributed by atoms with Gasteiger partial charge in [-0.25, -0.2) is 0 Å². The van der Waals surface area contributed by atoms with Crippen LogP contribution < -0.4 is 5.32 Å². The molecular weight excluding hydrogens is 236 g/mol. The quantitative estimate of drug-likeness (QED) is 0.651. The van der Waals surface area contributed by atoms with Gasteiger partial charge < -0.3 is 10.2 Å². The first-order valence-electron chi connectivity index (χ1n) is 8.29. The Balaban J connectivity index is 2.04. The molecule has 0 aromatic carbocycles. The number of nitrogens with zero attached hydrogens (tertiary/aromatic N) is 1. The summed E-state index contributed by atoms with van der Waals surface area (Å²) in [5.74, 6) is 0.380. The van der Waals surface area contributed by atoms with E-state index < -0.39 is 0 Å². The molecule has 1 amide bonds. The Kier molecular flexibility index (Phi) is 8.89. The van der Waals surface area contributed by atoms with Crippen molar-refractivity contribution in [3.63, 3.8) is 0 Å². The maximum Gasteiger partial charge on any atom is 0.222 e. The first kappa shape index (κ1) is 16.5. The molecule has 1 saturated heterocycles. The number of carbonyl (C=O) groups is 1. The summed E-state index contributed by atoms with van der Waals surface area (Å²) in [6.45, 7) is 7.33. The van der Waals surface area contributed by atoms with E-state index in [0.717, 1.165) is 45.3 Å². The molecule has 0 atom stereocenters. The van der Waals surface area contributed by atoms with Crippen LogP contribution >= 0.6 is 0 Å². The van der Waals surface area contributed by atoms with Crippen LogP contribution in [0.15, 0.2) is 0 Å². The maximum absolute atomic E-state index is 12.1. The van der Waals surface area contributed by atoms with Crippen LogP contribution in [-0.4, -0.2) is 36.5 Å². The summed E-state index contributed by atoms with van der Waals surface area (Å²) < 4.78 is 0. The van der Waals surface area contributed by atoms with E-state index in [9.17, 15) is 4.79 Å². The highest BCUT2D eigenvalue weighted by Crippen LogP contribution is 2.13. The molecule has 1 fully saturated rings. The molecule has 3 heteroatoms. The average molecular weight is 268 g/mol. The Morgan fingerprint density at radius 1 is 1.05 bits per heavy atom. The van der Waals surface area contributed by atoms with E-state index in [1.54, 1.807) is 0 Å². The molecule has 0 aliphatic carbocycles. The highest BCUT2D eigenvalue weighted by molar-refractivity contribution is 5.76. The van der Waals surface area contributed by atoms with Crippen LogP contribution in [0.5, 0.6) is 0 Å². The molecular formula is C16H32N2O. The Morgan fingerprint density at radius 2 is 1.68 bits per heavy atom. The monoisotopic (exact) mass is 268 g/mol. The molecule has 19 heavy (non-hydrogen) atoms. The molecule has 1 heterocycles. The first-order valence-corrected chi connectivity index (χ1v) is 8.29. The van der Waals surface area contributed by atoms with Crippen LogP contribution in [0.1, 0.15) is 71.6 Å². The number of nitrogens with one attached hydrogen (secondary N) is 1. The summed E-state index contributed by atoms with van der Waals surface area (Å²) >= 11 is 0. The number of hydrogen-bond acceptors (Lipinski definition) is 2. The van der Waals surface area contributed by atoms with Crippen molar-refractivity contribution in [1.82, 2.24) is 10.2 Å². The van der Waals surface area contributed by atoms with Crippen LogP contribution in [0.2, 0.25) is 0 Å². The topological polar surface area (TPSA) is 32.3 Å². The minimum Gasteiger partial charge on any atom is -0.343 e. The molecule has 1 aliphatic heterocycles. The summed E-state index contributed by atoms with van der Waals surface area (Å²) in [6.07, 6.45) is 10.6. The van der Waals surface area contributed by atoms with Gasteiger partial charge in [0.15, 0.2) is 0 Å². The van der Waals surface area contributed by atoms with Crippen LogP contribution in [0.25, 0.3) is 0 Å². The Morgan fingerprint density at radius 3 is 2.32 bits per heavy atom. The van der Waals surface area contributed by atoms with Crippen molar-refractivity contribution in [3.05, 3.63) is 0 Å². The lowest BCUT2D eigenvalue weighted by atomic mass is 10.0. The van der Waals surface area contributed by atoms with E-state index in [-0.39, 0.29) is 0 Å². The molecule has 0 aromatic heterocycles. The van der Waals surface area contributed by atoms with Crippen molar-refractivity contribution in [3.8, 4) is 0 Å². The zero-order chi connectivity index (χ0) is 13.9. The number of carbonyl (C=O) groups excluding carboxylic acids is 1. The van der Waals surface area contributed by atoms with Gasteiger partial charge >= 0.3 is 0 Å². The second kappa shape index (κ2) is 10.2. The molecule has 0 spiro atoms. The van der Waals surface area contributed by atoms with Gasteiger partial charge in [-0.2, -0.15) is 0 Å². The fraction of sp³-hybridized carbons (Fsp3) is 0.938. The van der Waals surface area contributed by atoms with Gasteiger partial charge in [0.1, 0.15) is 0 Å². The molecule has 3 nitrogen and oxygen atoms in total. The van der Waals surface area contributed by atoms with Gasteiger partial charge in [0.2, 0.25) is 5.91 Å². The molecule has 0 bridgehead atoms. The Bertz CT molecular complexity index is 235. The molecule has 112 valence electrons. The zero-order valence-electron chi connectivity index (χ0n) is 12.9. The predicted molar refractivity (Wildman–Crippen MR) is 81.3 cm³/mol. The second-order valence-electron chi connectivity index (χ2n) is 5.73. The van der Waals surface area contributed by atoms with Crippen LogP contribution in [0.4, 0.5) is 0 Å². The third kappa shape index (κ3) is 6.95. The summed E-state index contributed by atoms with van der Waals surface area (Å²) in [4.78, 5) is 14.1. The van der Waals surface area contributed by atoms with E-state index in [4.69, 9.17) is 0 Å². The fourth-order valence-corrected chi connectivity index (χ4v) is 2.84. The SMILES string of the molecule is CCCCCCCCC(=O)N1CCC(NCC)CC1. The smallest absolute Gasteiger partial charge is 0.222 e. The summed E-state index contributed by atoms with van der Waals surface area (Å²) in [6, 6.07) is 0.628. The van der Waals surface area contributed by atoms with E-state index >= 15 is 0 Å². The molecule has 0 unspecified atom stereocenters. The number of amides is 1. The fourth-order valence-electron chi connectivity index (χ4n) is 2.84. The molecule has 1 rings (SSSR count). The normalized spacial score (nSPS) is 16.8. The van der Waals surface area contributed by atoms with Gasteiger partial charge in [0.25, 0.3) is 0 Å². The highest BCUT2D eigenvalue weighted by Gasteiger charge is 2.21. The van der Waals surface area contributed by atoms with Crippen LogP contribution in [0, 0.1) is 0 Å². The van der Waals surface area contributed by atoms with Crippen molar-refractivity contribution >= 4 is 5.91 Å². The van der Waals surface area contributed by atoms with Crippen molar-refractivity contribution < 1.29 is 4.79 Å². The van der Waals surface area contributed by atoms with E-state index in [1.165, 1.54) is 32.1 Å². The second-order valence-corrected chi connectivity index (χ2v) is 5.73. The molecule has 1 aliphatic rings. The van der Waals surface area contributed by atoms with Gasteiger partial charge in [-0.1, -0.05) is 46.0 Å². The van der Waals surface area contributed by atoms with Gasteiger partial charge in [-0.3, -0.25) is 4.79 Å². The number of unbranched alkanes of at least 4 members (excludes halogenated alkanes) is 5. The zero-order valence-corrected chi connectivity index (χ0v) is 12.9. The summed E-state index contributed by atoms with van der Waals surface area (Å²) in [5.41, 5.74) is 0. The Hall–Kier alpha value is -0.570. The third-order valence-electron chi connectivity index (χ3n) is 4.08. The number of hydrogen-bond donors (Lipinski definition) is 1. The van der Waals surface area contributed by atoms with E-state index in [1.807, 2.05) is 0 Å². The first-order chi connectivity index (χ1) is 9.27. The largest absolute Gasteiger partial charge is 0.343 e. The lowest BCUT2D eigenvalue weighted by molar-refractivity contribution is -0.132. The lowest BCUT2D eigenvalue weighted by Crippen LogP contribution is -2.44. The Labute approximate surface area is 119 Å². The van der Waals surface area contributed by atoms with Crippen molar-refractivity contribution in [1.29, 1.82) is 0 Å². The van der Waals surface area contributed by atoms with Crippen LogP contribution in [-0.2, 0) is 4.79 Å². The van der Waals surface area contributed by atoms with Crippen molar-refractivity contribution in [2.45, 2.75) is 77.7 Å². The number of likely N-dealkylation sites (tertiary alicyclic amines) is 1. The molecule has 0 radical (unpaired) electrons. The van der Waals surface area contributed by atoms with E-state index in [0.29, 0.717) is 11.9 Å². The van der Waals surface area contributed by atoms with Gasteiger partial charge in [0.05, 0.1) is 0 Å². The number of rotatable bonds is 9. The summed E-state index contributed by atoms with van der Waals surface area (Å²) in [5, 5.41) is 3.48. The van der Waals surface area contributed by atoms with Gasteiger partial charge in [-0.15, -0.1) is 0 Å². The maximum atomic E-state index is 12.1. The van der Waals surface area contributed by atoms with Crippen LogP contribution in [0.3, 0.4) is 0 Å². The number of piperidine rings is 1. The molecule has 0 aromatic rings. The average Bonchev–Trinajstić information content (AvgIpc) is 2.43. The minimum atomic E-state index is 0.380. The highest BCUT2D eigenvalue weighted by atomic mass is 16.2. The molecule has 0 saturated carbocycles. The summed E-state index contributed by atoms with van der Waals surface area (Å²) in [7, 11) is 0. The molecule has 1 N–H and O–H groups in total. The minimum absolute atomic E-state index is 0.380. The standard InChI is InChI=1S/C16H32N2O/c1-3-5-6-7-8-9-10-16(19)18-13-11-15(12-14-18)17-4-2/h15,17H,3-14H2,1-2H3. The lowest BCUT2D eigenvalue weighted by Gasteiger charge is -2.32.